The Hall–Kier alpha value is -3.74. The largest absolute Gasteiger partial charge is 0.480 e. The number of carbonyl (C=O) groups excluding carboxylic acids is 1. The molecule has 2 aromatic carbocycles. The lowest BCUT2D eigenvalue weighted by Gasteiger charge is -2.17. The molecular weight excluding hydrogens is 370 g/mol. The van der Waals surface area contributed by atoms with Crippen LogP contribution >= 0.6 is 0 Å². The third kappa shape index (κ3) is 3.94. The molecule has 3 aromatic rings. The summed E-state index contributed by atoms with van der Waals surface area (Å²) < 4.78 is 5.42. The first-order chi connectivity index (χ1) is 14.1. The number of aromatic nitrogens is 2. The van der Waals surface area contributed by atoms with E-state index >= 15 is 0 Å². The Morgan fingerprint density at radius 3 is 2.24 bits per heavy atom. The number of carboxylic acid groups (broad SMARTS) is 1. The number of amides is 1. The lowest BCUT2D eigenvalue weighted by molar-refractivity contribution is -0.139. The van der Waals surface area contributed by atoms with E-state index in [0.29, 0.717) is 5.56 Å². The summed E-state index contributed by atoms with van der Waals surface area (Å²) in [6.45, 7) is 0.128. The molecule has 1 aromatic heterocycles. The molecule has 1 amide bonds. The van der Waals surface area contributed by atoms with E-state index in [1.54, 1.807) is 6.07 Å². The Morgan fingerprint density at radius 1 is 1.00 bits per heavy atom. The molecule has 2 N–H and O–H groups in total. The number of carboxylic acids is 1. The third-order valence-electron chi connectivity index (χ3n) is 5.02. The van der Waals surface area contributed by atoms with Gasteiger partial charge < -0.3 is 15.2 Å². The molecule has 0 radical (unpaired) electrons. The summed E-state index contributed by atoms with van der Waals surface area (Å²) in [4.78, 5) is 23.8. The summed E-state index contributed by atoms with van der Waals surface area (Å²) in [5.41, 5.74) is 5.11. The zero-order valence-corrected chi connectivity index (χ0v) is 15.5. The number of nitrogens with zero attached hydrogens (tertiary/aromatic N) is 2. The molecular formula is C22H19N3O4. The molecule has 1 heterocycles. The van der Waals surface area contributed by atoms with Gasteiger partial charge in [0, 0.05) is 18.5 Å². The molecule has 1 aliphatic rings. The molecule has 1 aliphatic carbocycles. The van der Waals surface area contributed by atoms with Crippen molar-refractivity contribution >= 4 is 12.1 Å². The average Bonchev–Trinajstić information content (AvgIpc) is 3.06. The van der Waals surface area contributed by atoms with Crippen LogP contribution in [0.5, 0.6) is 0 Å². The molecule has 7 nitrogen and oxygen atoms in total. The number of benzene rings is 2. The minimum absolute atomic E-state index is 0.0826. The quantitative estimate of drug-likeness (QED) is 0.672. The minimum atomic E-state index is -1.14. The maximum atomic E-state index is 12.3. The van der Waals surface area contributed by atoms with Crippen molar-refractivity contribution in [2.75, 3.05) is 6.61 Å². The Morgan fingerprint density at radius 2 is 1.66 bits per heavy atom. The van der Waals surface area contributed by atoms with Gasteiger partial charge in [-0.1, -0.05) is 48.5 Å². The first-order valence-electron chi connectivity index (χ1n) is 9.23. The normalized spacial score (nSPS) is 13.2. The van der Waals surface area contributed by atoms with Crippen molar-refractivity contribution in [2.45, 2.75) is 18.4 Å². The second kappa shape index (κ2) is 8.10. The molecule has 7 heteroatoms. The van der Waals surface area contributed by atoms with Gasteiger partial charge in [-0.2, -0.15) is 10.2 Å². The molecule has 0 bridgehead atoms. The van der Waals surface area contributed by atoms with Gasteiger partial charge in [-0.15, -0.1) is 0 Å². The number of carbonyl (C=O) groups is 2. The van der Waals surface area contributed by atoms with Gasteiger partial charge in [0.15, 0.2) is 0 Å². The van der Waals surface area contributed by atoms with E-state index in [2.05, 4.69) is 27.6 Å². The van der Waals surface area contributed by atoms with Crippen molar-refractivity contribution in [1.82, 2.24) is 15.5 Å². The summed E-state index contributed by atoms with van der Waals surface area (Å²) in [7, 11) is 0. The topological polar surface area (TPSA) is 101 Å². The van der Waals surface area contributed by atoms with E-state index in [1.807, 2.05) is 36.4 Å². The highest BCUT2D eigenvalue weighted by Crippen LogP contribution is 2.44. The number of ether oxygens (including phenoxy) is 1. The summed E-state index contributed by atoms with van der Waals surface area (Å²) in [6.07, 6.45) is 2.27. The lowest BCUT2D eigenvalue weighted by Crippen LogP contribution is -2.42. The van der Waals surface area contributed by atoms with Gasteiger partial charge in [-0.05, 0) is 33.9 Å². The number of hydrogen-bond donors (Lipinski definition) is 2. The summed E-state index contributed by atoms with van der Waals surface area (Å²) in [5, 5.41) is 19.2. The number of aliphatic carboxylic acids is 1. The van der Waals surface area contributed by atoms with Crippen LogP contribution in [0.4, 0.5) is 4.79 Å². The van der Waals surface area contributed by atoms with E-state index < -0.39 is 18.1 Å². The van der Waals surface area contributed by atoms with Crippen LogP contribution in [-0.4, -0.2) is 40.0 Å². The minimum Gasteiger partial charge on any atom is -0.480 e. The molecule has 1 atom stereocenters. The monoisotopic (exact) mass is 389 g/mol. The van der Waals surface area contributed by atoms with Gasteiger partial charge in [0.1, 0.15) is 12.6 Å². The molecule has 29 heavy (non-hydrogen) atoms. The Balaban J connectivity index is 1.43. The SMILES string of the molecule is O=C(N[C@@H](Cc1ccnnc1)C(=O)O)OCC1c2ccccc2-c2ccccc21. The number of fused-ring (bicyclic) bond motifs is 3. The van der Waals surface area contributed by atoms with Crippen molar-refractivity contribution in [1.29, 1.82) is 0 Å². The van der Waals surface area contributed by atoms with Gasteiger partial charge in [0.05, 0.1) is 6.20 Å². The van der Waals surface area contributed by atoms with Crippen molar-refractivity contribution in [2.24, 2.45) is 0 Å². The fourth-order valence-corrected chi connectivity index (χ4v) is 3.66. The summed E-state index contributed by atoms with van der Waals surface area (Å²) in [5.74, 6) is -1.23. The van der Waals surface area contributed by atoms with Crippen LogP contribution in [0.15, 0.2) is 67.0 Å². The molecule has 0 aliphatic heterocycles. The Bertz CT molecular complexity index is 993. The molecule has 0 unspecified atom stereocenters. The van der Waals surface area contributed by atoms with E-state index in [-0.39, 0.29) is 18.9 Å². The highest BCUT2D eigenvalue weighted by Gasteiger charge is 2.29. The van der Waals surface area contributed by atoms with Gasteiger partial charge in [-0.3, -0.25) is 0 Å². The number of hydrogen-bond acceptors (Lipinski definition) is 5. The summed E-state index contributed by atoms with van der Waals surface area (Å²) >= 11 is 0. The first-order valence-corrected chi connectivity index (χ1v) is 9.23. The second-order valence-corrected chi connectivity index (χ2v) is 6.82. The number of nitrogens with one attached hydrogen (secondary N) is 1. The molecule has 0 fully saturated rings. The Labute approximate surface area is 167 Å². The average molecular weight is 389 g/mol. The van der Waals surface area contributed by atoms with Crippen LogP contribution in [0.25, 0.3) is 11.1 Å². The van der Waals surface area contributed by atoms with Crippen molar-refractivity contribution in [3.8, 4) is 11.1 Å². The summed E-state index contributed by atoms with van der Waals surface area (Å²) in [6, 6.07) is 16.6. The zero-order valence-electron chi connectivity index (χ0n) is 15.5. The molecule has 146 valence electrons. The van der Waals surface area contributed by atoms with Gasteiger partial charge in [0.2, 0.25) is 0 Å². The fraction of sp³-hybridized carbons (Fsp3) is 0.182. The van der Waals surface area contributed by atoms with Crippen LogP contribution in [-0.2, 0) is 16.0 Å². The van der Waals surface area contributed by atoms with Crippen molar-refractivity contribution in [3.63, 3.8) is 0 Å². The van der Waals surface area contributed by atoms with E-state index in [0.717, 1.165) is 22.3 Å². The molecule has 0 saturated carbocycles. The third-order valence-corrected chi connectivity index (χ3v) is 5.02. The highest BCUT2D eigenvalue weighted by molar-refractivity contribution is 5.81. The molecule has 0 spiro atoms. The standard InChI is InChI=1S/C22H19N3O4/c26-21(27)20(11-14-9-10-23-24-12-14)25-22(28)29-13-19-17-7-3-1-5-15(17)16-6-2-4-8-18(16)19/h1-10,12,19-20H,11,13H2,(H,25,28)(H,26,27)/t20-/m0/s1. The number of rotatable bonds is 6. The highest BCUT2D eigenvalue weighted by atomic mass is 16.5. The van der Waals surface area contributed by atoms with Crippen LogP contribution < -0.4 is 5.32 Å². The molecule has 4 rings (SSSR count). The Kier molecular flexibility index (Phi) is 5.20. The lowest BCUT2D eigenvalue weighted by atomic mass is 9.98. The van der Waals surface area contributed by atoms with E-state index in [4.69, 9.17) is 4.74 Å². The first kappa shape index (κ1) is 18.6. The van der Waals surface area contributed by atoms with Crippen molar-refractivity contribution < 1.29 is 19.4 Å². The van der Waals surface area contributed by atoms with Gasteiger partial charge in [0.25, 0.3) is 0 Å². The predicted molar refractivity (Wildman–Crippen MR) is 105 cm³/mol. The van der Waals surface area contributed by atoms with Crippen LogP contribution in [0.1, 0.15) is 22.6 Å². The number of alkyl carbamates (subject to hydrolysis) is 1. The molecule has 0 saturated heterocycles. The van der Waals surface area contributed by atoms with Crippen LogP contribution in [0, 0.1) is 0 Å². The smallest absolute Gasteiger partial charge is 0.407 e. The predicted octanol–water partition coefficient (Wildman–Crippen LogP) is 3.01. The van der Waals surface area contributed by atoms with Gasteiger partial charge >= 0.3 is 12.1 Å². The maximum Gasteiger partial charge on any atom is 0.407 e. The fourth-order valence-electron chi connectivity index (χ4n) is 3.66. The van der Waals surface area contributed by atoms with Gasteiger partial charge in [-0.25, -0.2) is 9.59 Å². The second-order valence-electron chi connectivity index (χ2n) is 6.82. The van der Waals surface area contributed by atoms with Crippen LogP contribution in [0.2, 0.25) is 0 Å². The van der Waals surface area contributed by atoms with Crippen molar-refractivity contribution in [3.05, 3.63) is 83.7 Å². The zero-order chi connectivity index (χ0) is 20.2. The van der Waals surface area contributed by atoms with Crippen LogP contribution in [0.3, 0.4) is 0 Å². The van der Waals surface area contributed by atoms with E-state index in [1.165, 1.54) is 12.4 Å². The maximum absolute atomic E-state index is 12.3. The van der Waals surface area contributed by atoms with E-state index in [9.17, 15) is 14.7 Å².